The molecule has 5 heterocycles. The predicted molar refractivity (Wildman–Crippen MR) is 304 cm³/mol. The molecule has 55 nitrogen and oxygen atoms in total. The number of carboxylic acid groups (broad SMARTS) is 2. The Labute approximate surface area is 583 Å². The van der Waals surface area contributed by atoms with Gasteiger partial charge in [-0.05, 0) is 6.42 Å². The summed E-state index contributed by atoms with van der Waals surface area (Å²) < 4.78 is 435. The molecule has 0 aromatic rings. The van der Waals surface area contributed by atoms with Crippen molar-refractivity contribution >= 4 is 106 Å². The minimum absolute atomic E-state index is 0.0199. The molecular weight excluding hydrogens is 1640 g/mol. The summed E-state index contributed by atoms with van der Waals surface area (Å²) in [6.45, 7) is -4.40. The molecule has 0 aliphatic carbocycles. The molecule has 0 amide bonds. The standard InChI is InChI=1S/C39H66O55S9/c1-7-8-9-76-21-23(27(34(42)43)88-39(30(21)92-101(62,63)64)84-17-14(11-78-96(47,48)49)80-35(75-6)31(93-102(65,66)67)24(17)89-98(53,54)55)86-38-32(94-103(68,69)70)25(90-99(56,57)58)18(15(82-38)12-79-97(50,51)52)83-36-28(74-5)20(73-4)22(26(87-36)33(40)41)85-37-29(91-100(59,60)61)19(72-3)16(71-2)13(81-37)10-77-95(44,45)46/h13-32,35-39H,7-12H2,1-6H3,(H,40,41)(H,42,43)(H,44,45,46)(H,47,48,49)(H,50,51,52)(H,53,54,55)(H,56,57,58)(H,59,60,61)(H,62,63,64)(H,65,66,67)(H,68,69,70)/t13-,14-,15-,16-,17-,18-,19+,20+,21+,22+,23+,24+,25+,26+,27-,28-,29-,30-,31-,32-,35+,36-,37+,38+,39-/m1/s1. The van der Waals surface area contributed by atoms with Crippen LogP contribution >= 0.6 is 0 Å². The fourth-order valence-corrected chi connectivity index (χ4v) is 14.3. The van der Waals surface area contributed by atoms with Gasteiger partial charge in [-0.1, -0.05) is 13.3 Å². The molecule has 103 heavy (non-hydrogen) atoms. The zero-order chi connectivity index (χ0) is 78.3. The fourth-order valence-electron chi connectivity index (χ4n) is 10.5. The van der Waals surface area contributed by atoms with Crippen molar-refractivity contribution in [1.82, 2.24) is 0 Å². The molecule has 11 N–H and O–H groups in total. The molecule has 5 aliphatic heterocycles. The Morgan fingerprint density at radius 3 is 0.874 bits per heavy atom. The van der Waals surface area contributed by atoms with Crippen LogP contribution in [0.4, 0.5) is 0 Å². The largest absolute Gasteiger partial charge is 0.479 e. The quantitative estimate of drug-likeness (QED) is 0.0200. The van der Waals surface area contributed by atoms with Crippen molar-refractivity contribution in [3.8, 4) is 0 Å². The molecule has 64 heteroatoms. The molecule has 5 fully saturated rings. The second kappa shape index (κ2) is 36.3. The number of hydrogen-bond donors (Lipinski definition) is 11. The van der Waals surface area contributed by atoms with E-state index in [2.05, 4.69) is 25.1 Å². The van der Waals surface area contributed by atoms with Gasteiger partial charge in [0.1, 0.15) is 85.5 Å². The molecule has 0 aromatic heterocycles. The van der Waals surface area contributed by atoms with Gasteiger partial charge in [0.05, 0.1) is 19.8 Å². The van der Waals surface area contributed by atoms with Gasteiger partial charge in [0, 0.05) is 42.2 Å². The van der Waals surface area contributed by atoms with Crippen molar-refractivity contribution in [2.75, 3.05) is 62.0 Å². The molecular formula is C39H66O55S9. The van der Waals surface area contributed by atoms with E-state index in [0.717, 1.165) is 21.3 Å². The van der Waals surface area contributed by atoms with Crippen LogP contribution in [0, 0.1) is 0 Å². The zero-order valence-corrected chi connectivity index (χ0v) is 59.6. The van der Waals surface area contributed by atoms with Crippen LogP contribution in [0.2, 0.25) is 0 Å². The van der Waals surface area contributed by atoms with Crippen LogP contribution in [-0.2, 0) is 212 Å². The maximum atomic E-state index is 13.6. The number of unbranched alkanes of at least 4 members (excludes halogenated alkanes) is 1. The third kappa shape index (κ3) is 27.6. The SMILES string of the molecule is CCCCO[C@@H]1[C@@H](OS(=O)(=O)O)[C@H](O[C@H]2[C@H](OS(=O)(=O)O)[C@@H](OS(=O)(=O)O)[C@@H](OC)O[C@@H]2COS(=O)(=O)O)O[C@@H](C(=O)O)[C@H]1O[C@@H]1O[C@H](COS(=O)(=O)O)[C@@H](O[C@@H]2O[C@H](C(=O)O)[C@@H](O[C@@H]3O[C@H](COS(=O)(=O)O)[C@@H](OC)[C@H](OC)[C@H]3OS(=O)(=O)O)[C@H](OC)[C@H]2OC)[C@H](OS(=O)(=O)O)[C@H]1OS(=O)(=O)O. The van der Waals surface area contributed by atoms with E-state index in [4.69, 9.17) is 83.6 Å². The highest BCUT2D eigenvalue weighted by Crippen LogP contribution is 2.42. The van der Waals surface area contributed by atoms with E-state index in [1.54, 1.807) is 0 Å². The second-order valence-electron chi connectivity index (χ2n) is 20.9. The molecule has 25 atom stereocenters. The summed E-state index contributed by atoms with van der Waals surface area (Å²) in [5, 5.41) is 21.6. The van der Waals surface area contributed by atoms with Crippen LogP contribution in [0.25, 0.3) is 0 Å². The average Bonchev–Trinajstić information content (AvgIpc) is 0.757. The Kier molecular flexibility index (Phi) is 32.0. The van der Waals surface area contributed by atoms with E-state index >= 15 is 0 Å². The molecule has 0 saturated carbocycles. The molecule has 0 unspecified atom stereocenters. The summed E-state index contributed by atoms with van der Waals surface area (Å²) >= 11 is 0. The van der Waals surface area contributed by atoms with E-state index in [1.165, 1.54) is 6.92 Å². The predicted octanol–water partition coefficient (Wildman–Crippen LogP) is -8.20. The lowest BCUT2D eigenvalue weighted by atomic mass is 9.94. The highest BCUT2D eigenvalue weighted by atomic mass is 32.3. The van der Waals surface area contributed by atoms with Crippen LogP contribution in [0.1, 0.15) is 19.8 Å². The molecule has 5 aliphatic rings. The molecule has 5 rings (SSSR count). The van der Waals surface area contributed by atoms with E-state index in [0.29, 0.717) is 14.2 Å². The third-order valence-corrected chi connectivity index (χ3v) is 18.2. The lowest BCUT2D eigenvalue weighted by Gasteiger charge is -2.51. The van der Waals surface area contributed by atoms with E-state index in [-0.39, 0.29) is 12.8 Å². The summed E-state index contributed by atoms with van der Waals surface area (Å²) in [4.78, 5) is 26.9. The summed E-state index contributed by atoms with van der Waals surface area (Å²) in [6, 6.07) is 0. The van der Waals surface area contributed by atoms with Crippen molar-refractivity contribution < 1.29 is 245 Å². The normalized spacial score (nSPS) is 35.7. The first-order valence-corrected chi connectivity index (χ1v) is 39.7. The highest BCUT2D eigenvalue weighted by Gasteiger charge is 2.63. The summed E-state index contributed by atoms with van der Waals surface area (Å²) in [5.41, 5.74) is 0. The van der Waals surface area contributed by atoms with Crippen LogP contribution in [0.3, 0.4) is 0 Å². The van der Waals surface area contributed by atoms with Crippen LogP contribution in [-0.4, -0.2) is 354 Å². The zero-order valence-electron chi connectivity index (χ0n) is 52.2. The van der Waals surface area contributed by atoms with Gasteiger partial charge in [-0.3, -0.25) is 41.0 Å². The lowest BCUT2D eigenvalue weighted by molar-refractivity contribution is -0.386. The summed E-state index contributed by atoms with van der Waals surface area (Å²) in [6.07, 6.45) is -68.8. The maximum absolute atomic E-state index is 13.6. The van der Waals surface area contributed by atoms with Gasteiger partial charge < -0.3 is 81.3 Å². The van der Waals surface area contributed by atoms with Gasteiger partial charge >= 0.3 is 106 Å². The van der Waals surface area contributed by atoms with Crippen LogP contribution < -0.4 is 0 Å². The van der Waals surface area contributed by atoms with Gasteiger partial charge in [-0.25, -0.2) is 47.2 Å². The van der Waals surface area contributed by atoms with Crippen LogP contribution in [0.5, 0.6) is 0 Å². The Balaban J connectivity index is 1.73. The molecule has 0 spiro atoms. The van der Waals surface area contributed by atoms with E-state index < -0.39 is 285 Å². The smallest absolute Gasteiger partial charge is 0.397 e. The monoisotopic (exact) mass is 1700 g/mol. The number of carbonyl (C=O) groups is 2. The van der Waals surface area contributed by atoms with Gasteiger partial charge in [0.25, 0.3) is 0 Å². The topological polar surface area (TPSA) is 785 Å². The summed E-state index contributed by atoms with van der Waals surface area (Å²) in [7, 11) is -50.0. The first-order chi connectivity index (χ1) is 47.0. The molecule has 0 radical (unpaired) electrons. The van der Waals surface area contributed by atoms with Gasteiger partial charge in [0.2, 0.25) is 0 Å². The van der Waals surface area contributed by atoms with E-state index in [1.807, 2.05) is 0 Å². The van der Waals surface area contributed by atoms with Crippen molar-refractivity contribution in [3.05, 3.63) is 0 Å². The summed E-state index contributed by atoms with van der Waals surface area (Å²) in [5.74, 6) is -4.73. The lowest BCUT2D eigenvalue weighted by Crippen LogP contribution is -2.70. The Morgan fingerprint density at radius 1 is 0.301 bits per heavy atom. The first kappa shape index (κ1) is 90.8. The first-order valence-electron chi connectivity index (χ1n) is 27.4. The number of hydrogen-bond acceptors (Lipinski definition) is 44. The molecule has 606 valence electrons. The number of rotatable bonds is 40. The minimum Gasteiger partial charge on any atom is -0.479 e. The number of ether oxygens (including phenoxy) is 15. The molecule has 0 bridgehead atoms. The Morgan fingerprint density at radius 2 is 0.563 bits per heavy atom. The Bertz CT molecular complexity index is 3910. The van der Waals surface area contributed by atoms with Gasteiger partial charge in [-0.2, -0.15) is 75.8 Å². The van der Waals surface area contributed by atoms with E-state index in [9.17, 15) is 137 Å². The van der Waals surface area contributed by atoms with Crippen molar-refractivity contribution in [3.63, 3.8) is 0 Å². The fraction of sp³-hybridized carbons (Fsp3) is 0.949. The minimum atomic E-state index is -6.40. The third-order valence-electron chi connectivity index (χ3n) is 14.1. The number of carboxylic acids is 2. The highest BCUT2D eigenvalue weighted by molar-refractivity contribution is 7.82. The second-order valence-corrected chi connectivity index (χ2v) is 30.4. The van der Waals surface area contributed by atoms with Crippen molar-refractivity contribution in [1.29, 1.82) is 0 Å². The van der Waals surface area contributed by atoms with Gasteiger partial charge in [-0.15, -0.1) is 0 Å². The molecule has 0 aromatic carbocycles. The number of methoxy groups -OCH3 is 5. The van der Waals surface area contributed by atoms with Crippen molar-refractivity contribution in [2.24, 2.45) is 0 Å². The van der Waals surface area contributed by atoms with Crippen LogP contribution in [0.15, 0.2) is 0 Å². The molecule has 5 saturated heterocycles. The Hall–Kier alpha value is -2.83. The van der Waals surface area contributed by atoms with Crippen molar-refractivity contribution in [2.45, 2.75) is 173 Å². The average molecular weight is 1700 g/mol. The maximum Gasteiger partial charge on any atom is 0.397 e. The number of aliphatic carboxylic acids is 2. The van der Waals surface area contributed by atoms with Gasteiger partial charge in [0.15, 0.2) is 68.1 Å².